The van der Waals surface area contributed by atoms with E-state index in [1.807, 2.05) is 0 Å². The molecular formula is C56H105N3O15P2. The normalized spacial score (nSPS) is 18.8. The molecule has 0 saturated carbocycles. The summed E-state index contributed by atoms with van der Waals surface area (Å²) >= 11 is 0. The molecule has 1 aliphatic rings. The lowest BCUT2D eigenvalue weighted by Gasteiger charge is -2.21. The quantitative estimate of drug-likeness (QED) is 0.0231. The highest BCUT2D eigenvalue weighted by atomic mass is 31.3. The van der Waals surface area contributed by atoms with Crippen molar-refractivity contribution in [1.82, 2.24) is 9.55 Å². The van der Waals surface area contributed by atoms with E-state index in [1.54, 1.807) is 0 Å². The molecule has 1 aliphatic heterocycles. The molecule has 0 amide bonds. The molecule has 76 heavy (non-hydrogen) atoms. The Balaban J connectivity index is 1.72. The summed E-state index contributed by atoms with van der Waals surface area (Å²) in [6, 6.07) is 1.25. The van der Waals surface area contributed by atoms with Crippen LogP contribution in [0.25, 0.3) is 0 Å². The number of nitrogen functional groups attached to an aromatic ring is 1. The predicted molar refractivity (Wildman–Crippen MR) is 298 cm³/mol. The van der Waals surface area contributed by atoms with Gasteiger partial charge in [0.25, 0.3) is 0 Å². The van der Waals surface area contributed by atoms with Crippen LogP contribution >= 0.6 is 15.6 Å². The molecular weight excluding hydrogens is 1020 g/mol. The minimum absolute atomic E-state index is 0.0580. The number of carbonyl (C=O) groups is 2. The highest BCUT2D eigenvalue weighted by Crippen LogP contribution is 2.60. The van der Waals surface area contributed by atoms with Crippen LogP contribution < -0.4 is 11.4 Å². The number of esters is 2. The number of hydrogen-bond acceptors (Lipinski definition) is 15. The van der Waals surface area contributed by atoms with Crippen LogP contribution in [0.1, 0.15) is 265 Å². The van der Waals surface area contributed by atoms with Gasteiger partial charge in [0.1, 0.15) is 30.7 Å². The van der Waals surface area contributed by atoms with Gasteiger partial charge in [-0.2, -0.15) is 9.29 Å². The number of aromatic nitrogens is 2. The van der Waals surface area contributed by atoms with Gasteiger partial charge in [-0.25, -0.2) is 13.9 Å². The third kappa shape index (κ3) is 36.1. The van der Waals surface area contributed by atoms with Gasteiger partial charge in [-0.15, -0.1) is 0 Å². The third-order valence-corrected chi connectivity index (χ3v) is 16.6. The van der Waals surface area contributed by atoms with Crippen molar-refractivity contribution >= 4 is 33.4 Å². The highest BCUT2D eigenvalue weighted by molar-refractivity contribution is 7.61. The average molecular weight is 1120 g/mol. The highest BCUT2D eigenvalue weighted by Gasteiger charge is 2.46. The second-order valence-corrected chi connectivity index (χ2v) is 25.2. The number of phosphoric ester groups is 2. The minimum atomic E-state index is -5.42. The van der Waals surface area contributed by atoms with E-state index >= 15 is 0 Å². The number of phosphoric acid groups is 2. The molecule has 1 aromatic rings. The van der Waals surface area contributed by atoms with E-state index in [2.05, 4.69) is 37.0 Å². The lowest BCUT2D eigenvalue weighted by molar-refractivity contribution is -0.161. The van der Waals surface area contributed by atoms with Gasteiger partial charge in [0.15, 0.2) is 12.3 Å². The summed E-state index contributed by atoms with van der Waals surface area (Å²) in [5.74, 6) is 0.348. The lowest BCUT2D eigenvalue weighted by Crippen LogP contribution is -2.36. The maximum Gasteiger partial charge on any atom is 0.481 e. The standard InChI is InChI=1S/C56H105N3O15P2/c1-46(2)37-33-29-25-21-17-13-9-7-5-6-8-10-16-20-24-28-32-36-40-52(61)72-48(43-69-51(60)39-35-31-27-23-19-15-12-11-14-18-22-26-30-34-38-47(3)4)44-70-75(65,66)74-76(67,68)71-45-49-53(62)54(63)55(73-49)59-42-41-50(57)58-56(59)64/h41-42,46-49,53-55,62-63H,5-40,43-45H2,1-4H3,(H,65,66)(H,67,68)(H2,57,58,64)/t48-,49-,53+,54?,55-/m1/s1. The Labute approximate surface area is 457 Å². The Morgan fingerprint density at radius 1 is 0.592 bits per heavy atom. The second kappa shape index (κ2) is 42.6. The van der Waals surface area contributed by atoms with Crippen molar-refractivity contribution in [3.05, 3.63) is 22.7 Å². The van der Waals surface area contributed by atoms with Crippen molar-refractivity contribution in [1.29, 1.82) is 0 Å². The molecule has 20 heteroatoms. The summed E-state index contributed by atoms with van der Waals surface area (Å²) in [6.45, 7) is 6.90. The van der Waals surface area contributed by atoms with Gasteiger partial charge in [-0.05, 0) is 30.7 Å². The van der Waals surface area contributed by atoms with Crippen LogP contribution in [0.4, 0.5) is 5.82 Å². The van der Waals surface area contributed by atoms with Gasteiger partial charge < -0.3 is 39.9 Å². The van der Waals surface area contributed by atoms with Gasteiger partial charge in [-0.3, -0.25) is 23.2 Å². The first-order valence-electron chi connectivity index (χ1n) is 29.8. The molecule has 2 heterocycles. The molecule has 1 fully saturated rings. The zero-order valence-corrected chi connectivity index (χ0v) is 49.2. The molecule has 2 rings (SSSR count). The molecule has 0 radical (unpaired) electrons. The van der Waals surface area contributed by atoms with E-state index in [-0.39, 0.29) is 18.7 Å². The van der Waals surface area contributed by atoms with Crippen molar-refractivity contribution in [2.45, 2.75) is 289 Å². The number of nitrogens with two attached hydrogens (primary N) is 1. The summed E-state index contributed by atoms with van der Waals surface area (Å²) in [4.78, 5) is 62.2. The fourth-order valence-electron chi connectivity index (χ4n) is 9.45. The van der Waals surface area contributed by atoms with Crippen molar-refractivity contribution in [2.24, 2.45) is 11.8 Å². The van der Waals surface area contributed by atoms with E-state index in [1.165, 1.54) is 166 Å². The average Bonchev–Trinajstić information content (AvgIpc) is 3.64. The van der Waals surface area contributed by atoms with E-state index in [9.17, 15) is 43.5 Å². The monoisotopic (exact) mass is 1120 g/mol. The number of hydrogen-bond donors (Lipinski definition) is 5. The number of unbranched alkanes of at least 4 members (excludes halogenated alkanes) is 30. The Morgan fingerprint density at radius 3 is 1.38 bits per heavy atom. The van der Waals surface area contributed by atoms with Crippen LogP contribution in [0, 0.1) is 11.8 Å². The Bertz CT molecular complexity index is 1810. The van der Waals surface area contributed by atoms with Gasteiger partial charge in [-0.1, -0.05) is 233 Å². The summed E-state index contributed by atoms with van der Waals surface area (Å²) in [7, 11) is -10.8. The smallest absolute Gasteiger partial charge is 0.462 e. The zero-order chi connectivity index (χ0) is 55.9. The molecule has 3 unspecified atom stereocenters. The predicted octanol–water partition coefficient (Wildman–Crippen LogP) is 13.5. The van der Waals surface area contributed by atoms with Crippen molar-refractivity contribution in [3.8, 4) is 0 Å². The zero-order valence-electron chi connectivity index (χ0n) is 47.4. The second-order valence-electron chi connectivity index (χ2n) is 22.2. The molecule has 18 nitrogen and oxygen atoms in total. The number of aliphatic hydroxyl groups excluding tert-OH is 2. The molecule has 6 N–H and O–H groups in total. The molecule has 0 aromatic carbocycles. The van der Waals surface area contributed by atoms with Gasteiger partial charge in [0.05, 0.1) is 13.2 Å². The number of carbonyl (C=O) groups excluding carboxylic acids is 2. The SMILES string of the molecule is CC(C)CCCCCCCCCCCCCCCCCCCCC(=O)O[C@H](COC(=O)CCCCCCCCCCCCCCCCC(C)C)COP(=O)(O)OP(=O)(O)OC[C@H]1O[C@@H](n2ccc(N)nc2=O)C(O)[C@H]1O. The summed E-state index contributed by atoms with van der Waals surface area (Å²) < 4.78 is 57.1. The van der Waals surface area contributed by atoms with Crippen molar-refractivity contribution in [2.75, 3.05) is 25.6 Å². The number of nitrogens with zero attached hydrogens (tertiary/aromatic N) is 2. The molecule has 0 aliphatic carbocycles. The maximum absolute atomic E-state index is 12.9. The number of anilines is 1. The molecule has 1 saturated heterocycles. The first-order valence-corrected chi connectivity index (χ1v) is 32.8. The van der Waals surface area contributed by atoms with Gasteiger partial charge >= 0.3 is 33.3 Å². The lowest BCUT2D eigenvalue weighted by atomic mass is 10.0. The minimum Gasteiger partial charge on any atom is -0.462 e. The van der Waals surface area contributed by atoms with Crippen molar-refractivity contribution < 1.29 is 66.3 Å². The molecule has 7 atom stereocenters. The third-order valence-electron chi connectivity index (χ3n) is 14.0. The first-order chi connectivity index (χ1) is 36.4. The van der Waals surface area contributed by atoms with Gasteiger partial charge in [0.2, 0.25) is 0 Å². The van der Waals surface area contributed by atoms with Crippen LogP contribution in [0.5, 0.6) is 0 Å². The number of aliphatic hydroxyl groups is 2. The maximum atomic E-state index is 12.9. The van der Waals surface area contributed by atoms with Gasteiger partial charge in [0, 0.05) is 19.0 Å². The summed E-state index contributed by atoms with van der Waals surface area (Å²) in [6.07, 6.45) is 34.6. The fraction of sp³-hybridized carbons (Fsp3) is 0.893. The first kappa shape index (κ1) is 69.9. The van der Waals surface area contributed by atoms with Crippen LogP contribution in [0.2, 0.25) is 0 Å². The Kier molecular flexibility index (Phi) is 39.2. The molecule has 444 valence electrons. The van der Waals surface area contributed by atoms with E-state index < -0.39 is 83.7 Å². The number of rotatable bonds is 50. The fourth-order valence-corrected chi connectivity index (χ4v) is 11.6. The van der Waals surface area contributed by atoms with Crippen LogP contribution in [0.15, 0.2) is 17.1 Å². The Morgan fingerprint density at radius 2 is 0.974 bits per heavy atom. The van der Waals surface area contributed by atoms with E-state index in [4.69, 9.17) is 29.0 Å². The summed E-state index contributed by atoms with van der Waals surface area (Å²) in [5, 5.41) is 21.0. The molecule has 0 spiro atoms. The van der Waals surface area contributed by atoms with Crippen LogP contribution in [-0.4, -0.2) is 85.7 Å². The largest absolute Gasteiger partial charge is 0.481 e. The number of ether oxygens (including phenoxy) is 3. The topological polar surface area (TPSA) is 265 Å². The van der Waals surface area contributed by atoms with E-state index in [0.717, 1.165) is 67.8 Å². The molecule has 1 aromatic heterocycles. The van der Waals surface area contributed by atoms with Crippen LogP contribution in [-0.2, 0) is 46.3 Å². The van der Waals surface area contributed by atoms with Crippen molar-refractivity contribution in [3.63, 3.8) is 0 Å². The summed E-state index contributed by atoms with van der Waals surface area (Å²) in [5.41, 5.74) is 4.61. The Hall–Kier alpha value is -2.24. The molecule has 0 bridgehead atoms. The van der Waals surface area contributed by atoms with E-state index in [0.29, 0.717) is 12.8 Å². The van der Waals surface area contributed by atoms with Crippen LogP contribution in [0.3, 0.4) is 0 Å².